The average Bonchev–Trinajstić information content (AvgIpc) is 3.20. The van der Waals surface area contributed by atoms with Crippen LogP contribution in [0.1, 0.15) is 28.8 Å². The molecular weight excluding hydrogens is 264 g/mol. The van der Waals surface area contributed by atoms with Crippen molar-refractivity contribution in [2.75, 3.05) is 13.7 Å². The van der Waals surface area contributed by atoms with E-state index >= 15 is 0 Å². The first-order chi connectivity index (χ1) is 8.61. The van der Waals surface area contributed by atoms with Crippen molar-refractivity contribution in [1.82, 2.24) is 5.32 Å². The topological polar surface area (TPSA) is 64.3 Å². The van der Waals surface area contributed by atoms with Gasteiger partial charge in [0.15, 0.2) is 0 Å². The Hall–Kier alpha value is -1.26. The summed E-state index contributed by atoms with van der Waals surface area (Å²) in [6, 6.07) is 5.53. The van der Waals surface area contributed by atoms with Crippen molar-refractivity contribution in [3.05, 3.63) is 29.3 Å². The Bertz CT molecular complexity index is 447. The molecule has 2 rings (SSSR count). The van der Waals surface area contributed by atoms with E-state index in [0.29, 0.717) is 18.0 Å². The summed E-state index contributed by atoms with van der Waals surface area (Å²) in [6.45, 7) is 2.49. The number of ether oxygens (including phenoxy) is 1. The third-order valence-electron chi connectivity index (χ3n) is 3.40. The number of carbonyl (C=O) groups is 1. The van der Waals surface area contributed by atoms with Crippen molar-refractivity contribution < 1.29 is 9.53 Å². The van der Waals surface area contributed by atoms with E-state index in [0.717, 1.165) is 11.3 Å². The van der Waals surface area contributed by atoms with Gasteiger partial charge in [-0.15, -0.1) is 12.4 Å². The Morgan fingerprint density at radius 2 is 2.21 bits per heavy atom. The zero-order valence-corrected chi connectivity index (χ0v) is 12.1. The highest BCUT2D eigenvalue weighted by Crippen LogP contribution is 2.31. The zero-order valence-electron chi connectivity index (χ0n) is 11.3. The Labute approximate surface area is 120 Å². The van der Waals surface area contributed by atoms with Crippen LogP contribution in [-0.2, 0) is 0 Å². The van der Waals surface area contributed by atoms with Crippen LogP contribution in [0, 0.1) is 12.8 Å². The van der Waals surface area contributed by atoms with Gasteiger partial charge in [0.05, 0.1) is 7.11 Å². The molecule has 0 spiro atoms. The quantitative estimate of drug-likeness (QED) is 0.868. The summed E-state index contributed by atoms with van der Waals surface area (Å²) in [4.78, 5) is 11.9. The first-order valence-corrected chi connectivity index (χ1v) is 6.30. The second kappa shape index (κ2) is 6.78. The van der Waals surface area contributed by atoms with E-state index in [1.54, 1.807) is 19.2 Å². The van der Waals surface area contributed by atoms with Crippen molar-refractivity contribution in [3.63, 3.8) is 0 Å². The molecule has 0 aromatic heterocycles. The fourth-order valence-corrected chi connectivity index (χ4v) is 1.96. The first kappa shape index (κ1) is 15.8. The Morgan fingerprint density at radius 1 is 1.53 bits per heavy atom. The molecule has 0 heterocycles. The number of hydrogen-bond acceptors (Lipinski definition) is 3. The molecule has 19 heavy (non-hydrogen) atoms. The lowest BCUT2D eigenvalue weighted by atomic mass is 10.1. The molecule has 1 aromatic rings. The number of aryl methyl sites for hydroxylation is 1. The van der Waals surface area contributed by atoms with Crippen molar-refractivity contribution in [1.29, 1.82) is 0 Å². The van der Waals surface area contributed by atoms with E-state index in [9.17, 15) is 4.79 Å². The van der Waals surface area contributed by atoms with Crippen LogP contribution in [-0.4, -0.2) is 25.6 Å². The van der Waals surface area contributed by atoms with Crippen LogP contribution in [0.25, 0.3) is 0 Å². The minimum atomic E-state index is -0.0931. The minimum Gasteiger partial charge on any atom is -0.496 e. The fourth-order valence-electron chi connectivity index (χ4n) is 1.96. The van der Waals surface area contributed by atoms with Crippen molar-refractivity contribution in [3.8, 4) is 5.75 Å². The molecule has 1 amide bonds. The molecule has 1 fully saturated rings. The molecule has 0 radical (unpaired) electrons. The lowest BCUT2D eigenvalue weighted by Gasteiger charge is -2.12. The summed E-state index contributed by atoms with van der Waals surface area (Å²) in [5.41, 5.74) is 7.57. The van der Waals surface area contributed by atoms with Crippen molar-refractivity contribution in [2.45, 2.75) is 25.8 Å². The van der Waals surface area contributed by atoms with Crippen LogP contribution in [0.15, 0.2) is 18.2 Å². The number of carbonyl (C=O) groups excluding carboxylic acids is 1. The monoisotopic (exact) mass is 284 g/mol. The van der Waals surface area contributed by atoms with E-state index in [4.69, 9.17) is 10.5 Å². The van der Waals surface area contributed by atoms with E-state index in [1.165, 1.54) is 12.8 Å². The van der Waals surface area contributed by atoms with E-state index in [2.05, 4.69) is 5.32 Å². The summed E-state index contributed by atoms with van der Waals surface area (Å²) in [6.07, 6.45) is 2.38. The number of halogens is 1. The molecule has 1 aliphatic carbocycles. The van der Waals surface area contributed by atoms with Gasteiger partial charge in [-0.2, -0.15) is 0 Å². The standard InChI is InChI=1S/C14H20N2O2.ClH/c1-9-3-4-11(7-13(9)18-2)14(17)16-8-12(15)10-5-6-10;/h3-4,7,10,12H,5-6,8,15H2,1-2H3,(H,16,17);1H. The van der Waals surface area contributed by atoms with Gasteiger partial charge in [0.25, 0.3) is 5.91 Å². The summed E-state index contributed by atoms with van der Waals surface area (Å²) >= 11 is 0. The van der Waals surface area contributed by atoms with Gasteiger partial charge in [0.2, 0.25) is 0 Å². The van der Waals surface area contributed by atoms with Crippen LogP contribution in [0.5, 0.6) is 5.75 Å². The summed E-state index contributed by atoms with van der Waals surface area (Å²) in [5.74, 6) is 1.23. The summed E-state index contributed by atoms with van der Waals surface area (Å²) in [7, 11) is 1.60. The summed E-state index contributed by atoms with van der Waals surface area (Å²) in [5, 5.41) is 2.87. The molecule has 106 valence electrons. The molecule has 1 atom stereocenters. The highest BCUT2D eigenvalue weighted by molar-refractivity contribution is 5.94. The number of benzene rings is 1. The third-order valence-corrected chi connectivity index (χ3v) is 3.40. The van der Waals surface area contributed by atoms with Gasteiger partial charge in [-0.1, -0.05) is 6.07 Å². The Balaban J connectivity index is 0.00000180. The molecule has 0 bridgehead atoms. The third kappa shape index (κ3) is 4.11. The van der Waals surface area contributed by atoms with Gasteiger partial charge in [-0.05, 0) is 43.4 Å². The highest BCUT2D eigenvalue weighted by Gasteiger charge is 2.28. The smallest absolute Gasteiger partial charge is 0.251 e. The van der Waals surface area contributed by atoms with Gasteiger partial charge < -0.3 is 15.8 Å². The molecule has 1 saturated carbocycles. The number of nitrogens with one attached hydrogen (secondary N) is 1. The molecule has 5 heteroatoms. The number of hydrogen-bond donors (Lipinski definition) is 2. The molecule has 0 aliphatic heterocycles. The largest absolute Gasteiger partial charge is 0.496 e. The molecule has 3 N–H and O–H groups in total. The van der Waals surface area contributed by atoms with Gasteiger partial charge >= 0.3 is 0 Å². The predicted octanol–water partition coefficient (Wildman–Crippen LogP) is 1.89. The van der Waals surface area contributed by atoms with Crippen LogP contribution in [0.4, 0.5) is 0 Å². The molecule has 1 unspecified atom stereocenters. The van der Waals surface area contributed by atoms with E-state index in [-0.39, 0.29) is 24.4 Å². The molecular formula is C14H21ClN2O2. The van der Waals surface area contributed by atoms with Crippen LogP contribution < -0.4 is 15.8 Å². The minimum absolute atomic E-state index is 0. The van der Waals surface area contributed by atoms with E-state index < -0.39 is 0 Å². The lowest BCUT2D eigenvalue weighted by molar-refractivity contribution is 0.0950. The lowest BCUT2D eigenvalue weighted by Crippen LogP contribution is -2.38. The zero-order chi connectivity index (χ0) is 13.1. The second-order valence-corrected chi connectivity index (χ2v) is 4.90. The van der Waals surface area contributed by atoms with Gasteiger partial charge in [-0.25, -0.2) is 0 Å². The molecule has 0 saturated heterocycles. The number of methoxy groups -OCH3 is 1. The first-order valence-electron chi connectivity index (χ1n) is 6.30. The number of nitrogens with two attached hydrogens (primary N) is 1. The highest BCUT2D eigenvalue weighted by atomic mass is 35.5. The van der Waals surface area contributed by atoms with E-state index in [1.807, 2.05) is 13.0 Å². The van der Waals surface area contributed by atoms with Gasteiger partial charge in [0.1, 0.15) is 5.75 Å². The predicted molar refractivity (Wildman–Crippen MR) is 78.0 cm³/mol. The van der Waals surface area contributed by atoms with Gasteiger partial charge in [-0.3, -0.25) is 4.79 Å². The van der Waals surface area contributed by atoms with Crippen molar-refractivity contribution >= 4 is 18.3 Å². The molecule has 1 aromatic carbocycles. The Morgan fingerprint density at radius 3 is 2.79 bits per heavy atom. The maximum Gasteiger partial charge on any atom is 0.251 e. The molecule has 1 aliphatic rings. The normalized spacial score (nSPS) is 15.3. The number of rotatable bonds is 5. The number of amides is 1. The van der Waals surface area contributed by atoms with Crippen molar-refractivity contribution in [2.24, 2.45) is 11.7 Å². The maximum absolute atomic E-state index is 11.9. The Kier molecular flexibility index (Phi) is 5.63. The van der Waals surface area contributed by atoms with Crippen LogP contribution in [0.3, 0.4) is 0 Å². The van der Waals surface area contributed by atoms with Crippen LogP contribution in [0.2, 0.25) is 0 Å². The maximum atomic E-state index is 11.9. The molecule has 4 nitrogen and oxygen atoms in total. The second-order valence-electron chi connectivity index (χ2n) is 4.90. The van der Waals surface area contributed by atoms with Gasteiger partial charge in [0, 0.05) is 18.2 Å². The van der Waals surface area contributed by atoms with Crippen LogP contribution >= 0.6 is 12.4 Å². The average molecular weight is 285 g/mol. The summed E-state index contributed by atoms with van der Waals surface area (Å²) < 4.78 is 5.20. The fraction of sp³-hybridized carbons (Fsp3) is 0.500. The SMILES string of the molecule is COc1cc(C(=O)NCC(N)C2CC2)ccc1C.Cl.